The molecule has 0 aliphatic rings. The Morgan fingerprint density at radius 1 is 1.00 bits per heavy atom. The van der Waals surface area contributed by atoms with Crippen LogP contribution in [0.1, 0.15) is 10.4 Å². The van der Waals surface area contributed by atoms with Gasteiger partial charge in [-0.25, -0.2) is 0 Å². The molecule has 0 spiro atoms. The Hall–Kier alpha value is -2.58. The summed E-state index contributed by atoms with van der Waals surface area (Å²) in [4.78, 5) is 10.2. The minimum absolute atomic E-state index is 0.146. The maximum atomic E-state index is 10.7. The van der Waals surface area contributed by atoms with Crippen molar-refractivity contribution in [1.82, 2.24) is 0 Å². The second-order valence-electron chi connectivity index (χ2n) is 3.89. The predicted molar refractivity (Wildman–Crippen MR) is 77.3 cm³/mol. The zero-order valence-electron chi connectivity index (χ0n) is 10.8. The highest BCUT2D eigenvalue weighted by molar-refractivity contribution is 7.86. The van der Waals surface area contributed by atoms with Crippen LogP contribution in [0.5, 0.6) is 5.75 Å². The summed E-state index contributed by atoms with van der Waals surface area (Å²) in [7, 11) is -4.38. The highest BCUT2D eigenvalue weighted by Crippen LogP contribution is 2.16. The van der Waals surface area contributed by atoms with Gasteiger partial charge in [-0.3, -0.25) is 9.35 Å². The lowest BCUT2D eigenvalue weighted by Gasteiger charge is -2.01. The molecule has 112 valence electrons. The Morgan fingerprint density at radius 2 is 1.52 bits per heavy atom. The number of phenols is 1. The van der Waals surface area contributed by atoms with Gasteiger partial charge in [0.1, 0.15) is 10.6 Å². The summed E-state index contributed by atoms with van der Waals surface area (Å²) in [6.07, 6.45) is 0. The molecule has 0 heterocycles. The number of amides is 1. The fourth-order valence-corrected chi connectivity index (χ4v) is 2.08. The summed E-state index contributed by atoms with van der Waals surface area (Å²) >= 11 is 0. The number of primary amides is 1. The van der Waals surface area contributed by atoms with E-state index in [-0.39, 0.29) is 11.3 Å². The van der Waals surface area contributed by atoms with Crippen molar-refractivity contribution in [3.05, 3.63) is 54.1 Å². The van der Waals surface area contributed by atoms with Crippen molar-refractivity contribution in [3.8, 4) is 5.75 Å². The van der Waals surface area contributed by atoms with Gasteiger partial charge in [-0.2, -0.15) is 8.42 Å². The number of nitrogens with two attached hydrogens (primary N) is 2. The van der Waals surface area contributed by atoms with Crippen molar-refractivity contribution in [1.29, 1.82) is 0 Å². The van der Waals surface area contributed by atoms with E-state index in [0.717, 1.165) is 6.07 Å². The molecule has 2 aromatic carbocycles. The number of carbonyl (C=O) groups is 1. The van der Waals surface area contributed by atoms with Gasteiger partial charge in [0, 0.05) is 0 Å². The second kappa shape index (κ2) is 6.73. The molecular weight excluding hydrogens is 296 g/mol. The molecule has 0 aliphatic heterocycles. The molecule has 8 heteroatoms. The highest BCUT2D eigenvalue weighted by atomic mass is 32.2. The van der Waals surface area contributed by atoms with Crippen molar-refractivity contribution in [2.24, 2.45) is 5.73 Å². The highest BCUT2D eigenvalue weighted by Gasteiger charge is 2.17. The first-order valence-electron chi connectivity index (χ1n) is 5.63. The normalized spacial score (nSPS) is 10.3. The van der Waals surface area contributed by atoms with Crippen LogP contribution in [-0.2, 0) is 10.1 Å². The molecule has 0 bridgehead atoms. The van der Waals surface area contributed by atoms with Crippen molar-refractivity contribution in [3.63, 3.8) is 0 Å². The van der Waals surface area contributed by atoms with E-state index in [2.05, 4.69) is 0 Å². The van der Waals surface area contributed by atoms with Gasteiger partial charge in [-0.1, -0.05) is 24.3 Å². The number of rotatable bonds is 2. The van der Waals surface area contributed by atoms with E-state index in [0.29, 0.717) is 5.69 Å². The van der Waals surface area contributed by atoms with Gasteiger partial charge in [0.25, 0.3) is 10.1 Å². The zero-order chi connectivity index (χ0) is 16.0. The summed E-state index contributed by atoms with van der Waals surface area (Å²) in [6.45, 7) is 0. The van der Waals surface area contributed by atoms with Crippen LogP contribution < -0.4 is 11.5 Å². The van der Waals surface area contributed by atoms with Gasteiger partial charge in [0.05, 0.1) is 11.3 Å². The average molecular weight is 310 g/mol. The Kier molecular flexibility index (Phi) is 5.28. The van der Waals surface area contributed by atoms with Crippen LogP contribution in [0.25, 0.3) is 0 Å². The van der Waals surface area contributed by atoms with Crippen LogP contribution in [0.3, 0.4) is 0 Å². The standard InChI is InChI=1S/C7H7NO4S.C6H7NO/c8-7(9)5-3-1-2-4-6(5)13(10,11)12;7-5-3-1-2-4-6(5)8/h1-4H,(H2,8,9)(H,10,11,12);1-4,8H,7H2. The molecule has 0 saturated heterocycles. The van der Waals surface area contributed by atoms with Gasteiger partial charge in [0.2, 0.25) is 5.91 Å². The molecule has 2 rings (SSSR count). The Balaban J connectivity index is 0.000000235. The van der Waals surface area contributed by atoms with Gasteiger partial charge >= 0.3 is 0 Å². The summed E-state index contributed by atoms with van der Waals surface area (Å²) in [5.41, 5.74) is 10.4. The van der Waals surface area contributed by atoms with Crippen LogP contribution in [-0.4, -0.2) is 24.0 Å². The number of aromatic hydroxyl groups is 1. The van der Waals surface area contributed by atoms with Crippen molar-refractivity contribution in [2.75, 3.05) is 5.73 Å². The number of hydrogen-bond donors (Lipinski definition) is 4. The van der Waals surface area contributed by atoms with Gasteiger partial charge in [0.15, 0.2) is 0 Å². The van der Waals surface area contributed by atoms with Gasteiger partial charge < -0.3 is 16.6 Å². The van der Waals surface area contributed by atoms with E-state index >= 15 is 0 Å². The number of phenolic OH excluding ortho intramolecular Hbond substituents is 1. The summed E-state index contributed by atoms with van der Waals surface area (Å²) in [5, 5.41) is 8.79. The lowest BCUT2D eigenvalue weighted by atomic mass is 10.2. The largest absolute Gasteiger partial charge is 0.506 e. The van der Waals surface area contributed by atoms with E-state index in [4.69, 9.17) is 21.1 Å². The molecule has 21 heavy (non-hydrogen) atoms. The maximum Gasteiger partial charge on any atom is 0.295 e. The molecule has 0 saturated carbocycles. The molecular formula is C13H14N2O5S. The minimum Gasteiger partial charge on any atom is -0.506 e. The Morgan fingerprint density at radius 3 is 1.90 bits per heavy atom. The quantitative estimate of drug-likeness (QED) is 0.370. The number of benzene rings is 2. The fourth-order valence-electron chi connectivity index (χ4n) is 1.38. The number of nitrogen functional groups attached to an aromatic ring is 1. The first-order chi connectivity index (χ1) is 9.73. The molecule has 0 aliphatic carbocycles. The van der Waals surface area contributed by atoms with E-state index in [1.807, 2.05) is 0 Å². The van der Waals surface area contributed by atoms with Crippen LogP contribution in [0.15, 0.2) is 53.4 Å². The van der Waals surface area contributed by atoms with Crippen molar-refractivity contribution >= 4 is 21.7 Å². The smallest absolute Gasteiger partial charge is 0.295 e. The average Bonchev–Trinajstić information content (AvgIpc) is 2.42. The minimum atomic E-state index is -4.38. The lowest BCUT2D eigenvalue weighted by Crippen LogP contribution is -2.15. The first kappa shape index (κ1) is 16.5. The van der Waals surface area contributed by atoms with E-state index in [1.54, 1.807) is 24.3 Å². The Bertz CT molecular complexity index is 723. The van der Waals surface area contributed by atoms with Crippen molar-refractivity contribution < 1.29 is 22.9 Å². The molecule has 0 atom stereocenters. The third kappa shape index (κ3) is 4.79. The number of carbonyl (C=O) groups excluding carboxylic acids is 1. The van der Waals surface area contributed by atoms with E-state index in [1.165, 1.54) is 18.2 Å². The third-order valence-electron chi connectivity index (χ3n) is 2.37. The maximum absolute atomic E-state index is 10.7. The second-order valence-corrected chi connectivity index (χ2v) is 5.28. The first-order valence-corrected chi connectivity index (χ1v) is 7.07. The van der Waals surface area contributed by atoms with Crippen molar-refractivity contribution in [2.45, 2.75) is 4.90 Å². The number of anilines is 1. The number of hydrogen-bond acceptors (Lipinski definition) is 5. The third-order valence-corrected chi connectivity index (χ3v) is 3.28. The molecule has 1 amide bonds. The topological polar surface area (TPSA) is 144 Å². The van der Waals surface area contributed by atoms with Crippen LogP contribution in [0, 0.1) is 0 Å². The van der Waals surface area contributed by atoms with Crippen LogP contribution in [0.4, 0.5) is 5.69 Å². The van der Waals surface area contributed by atoms with E-state index < -0.39 is 20.9 Å². The fraction of sp³-hybridized carbons (Fsp3) is 0. The van der Waals surface area contributed by atoms with E-state index in [9.17, 15) is 13.2 Å². The molecule has 0 radical (unpaired) electrons. The monoisotopic (exact) mass is 310 g/mol. The Labute approximate surface area is 121 Å². The molecule has 0 unspecified atom stereocenters. The van der Waals surface area contributed by atoms with Crippen LogP contribution in [0.2, 0.25) is 0 Å². The molecule has 2 aromatic rings. The summed E-state index contributed by atoms with van der Waals surface area (Å²) < 4.78 is 30.1. The summed E-state index contributed by atoms with van der Waals surface area (Å²) in [6, 6.07) is 11.9. The van der Waals surface area contributed by atoms with Crippen LogP contribution >= 0.6 is 0 Å². The molecule has 0 fully saturated rings. The molecule has 7 nitrogen and oxygen atoms in total. The zero-order valence-corrected chi connectivity index (χ0v) is 11.6. The molecule has 6 N–H and O–H groups in total. The lowest BCUT2D eigenvalue weighted by molar-refractivity contribution is 0.0997. The van der Waals surface area contributed by atoms with Gasteiger partial charge in [-0.05, 0) is 24.3 Å². The summed E-state index contributed by atoms with van der Waals surface area (Å²) in [5.74, 6) is -0.749. The predicted octanol–water partition coefficient (Wildman–Crippen LogP) is 1.01. The number of para-hydroxylation sites is 2. The van der Waals surface area contributed by atoms with Gasteiger partial charge in [-0.15, -0.1) is 0 Å². The molecule has 0 aromatic heterocycles. The SMILES string of the molecule is NC(=O)c1ccccc1S(=O)(=O)O.Nc1ccccc1O.